The van der Waals surface area contributed by atoms with Crippen molar-refractivity contribution >= 4 is 33.0 Å². The van der Waals surface area contributed by atoms with Crippen LogP contribution in [0, 0.1) is 0 Å². The van der Waals surface area contributed by atoms with Gasteiger partial charge >= 0.3 is 5.97 Å². The minimum absolute atomic E-state index is 0.0356. The average molecular weight is 466 g/mol. The Bertz CT molecular complexity index is 1170. The summed E-state index contributed by atoms with van der Waals surface area (Å²) < 4.78 is 33.0. The Labute approximate surface area is 184 Å². The molecule has 166 valence electrons. The quantitative estimate of drug-likeness (QED) is 0.456. The summed E-state index contributed by atoms with van der Waals surface area (Å²) >= 11 is 1.41. The second kappa shape index (κ2) is 9.56. The number of carbonyl (C=O) groups is 1. The third-order valence-electron chi connectivity index (χ3n) is 4.27. The topological polar surface area (TPSA) is 127 Å². The Morgan fingerprint density at radius 2 is 2.13 bits per heavy atom. The summed E-state index contributed by atoms with van der Waals surface area (Å²) in [6.45, 7) is -0.0253. The number of anilines is 1. The van der Waals surface area contributed by atoms with E-state index in [4.69, 9.17) is 9.84 Å². The first kappa shape index (κ1) is 22.9. The minimum Gasteiger partial charge on any atom is -0.455 e. The lowest BCUT2D eigenvalue weighted by Crippen LogP contribution is -2.23. The monoisotopic (exact) mass is 465 g/mol. The Morgan fingerprint density at radius 1 is 1.35 bits per heavy atom. The van der Waals surface area contributed by atoms with E-state index in [-0.39, 0.29) is 30.2 Å². The molecule has 2 N–H and O–H groups in total. The van der Waals surface area contributed by atoms with E-state index in [2.05, 4.69) is 15.4 Å². The molecule has 0 atom stereocenters. The van der Waals surface area contributed by atoms with E-state index < -0.39 is 16.0 Å². The second-order valence-corrected chi connectivity index (χ2v) is 9.78. The van der Waals surface area contributed by atoms with Crippen LogP contribution in [-0.4, -0.2) is 65.8 Å². The van der Waals surface area contributed by atoms with Crippen molar-refractivity contribution in [2.75, 3.05) is 32.6 Å². The van der Waals surface area contributed by atoms with Crippen molar-refractivity contribution in [2.24, 2.45) is 7.05 Å². The molecule has 0 fully saturated rings. The number of aliphatic hydroxyl groups is 1. The lowest BCUT2D eigenvalue weighted by molar-refractivity contribution is 0.0469. The van der Waals surface area contributed by atoms with Crippen LogP contribution in [0.1, 0.15) is 16.1 Å². The summed E-state index contributed by atoms with van der Waals surface area (Å²) in [4.78, 5) is 17.2. The number of esters is 1. The summed E-state index contributed by atoms with van der Waals surface area (Å²) in [5.41, 5.74) is 1.85. The molecule has 0 amide bonds. The summed E-state index contributed by atoms with van der Waals surface area (Å²) in [6.07, 6.45) is 3.54. The highest BCUT2D eigenvalue weighted by atomic mass is 32.2. The van der Waals surface area contributed by atoms with Gasteiger partial charge < -0.3 is 15.2 Å². The van der Waals surface area contributed by atoms with Gasteiger partial charge in [0.05, 0.1) is 29.0 Å². The molecule has 0 radical (unpaired) electrons. The van der Waals surface area contributed by atoms with Gasteiger partial charge in [-0.3, -0.25) is 4.68 Å². The smallest absolute Gasteiger partial charge is 0.340 e. The fourth-order valence-electron chi connectivity index (χ4n) is 2.66. The van der Waals surface area contributed by atoms with Gasteiger partial charge in [0.1, 0.15) is 11.6 Å². The molecule has 31 heavy (non-hydrogen) atoms. The molecule has 0 aliphatic heterocycles. The van der Waals surface area contributed by atoms with Crippen molar-refractivity contribution < 1.29 is 23.1 Å². The molecule has 3 aromatic rings. The van der Waals surface area contributed by atoms with Gasteiger partial charge in [-0.2, -0.15) is 5.10 Å². The Balaban J connectivity index is 1.80. The zero-order valence-corrected chi connectivity index (χ0v) is 18.9. The van der Waals surface area contributed by atoms with Crippen LogP contribution in [0.25, 0.3) is 10.6 Å². The van der Waals surface area contributed by atoms with Crippen LogP contribution in [0.5, 0.6) is 0 Å². The summed E-state index contributed by atoms with van der Waals surface area (Å²) in [6, 6.07) is 4.14. The van der Waals surface area contributed by atoms with Gasteiger partial charge in [0, 0.05) is 50.5 Å². The van der Waals surface area contributed by atoms with Crippen molar-refractivity contribution in [3.8, 4) is 10.6 Å². The molecule has 0 aliphatic rings. The number of benzene rings is 1. The SMILES string of the molecule is CN(C)S(=O)(=O)c1ccc(NCCO)c(C(=O)OCc2csc(-c3cnn(C)c3)n2)c1. The van der Waals surface area contributed by atoms with Crippen LogP contribution in [0.2, 0.25) is 0 Å². The van der Waals surface area contributed by atoms with Gasteiger partial charge in [-0.15, -0.1) is 11.3 Å². The molecule has 3 rings (SSSR count). The Hall–Kier alpha value is -2.80. The molecule has 0 saturated heterocycles. The van der Waals surface area contributed by atoms with Crippen LogP contribution in [0.3, 0.4) is 0 Å². The first-order chi connectivity index (χ1) is 14.7. The number of aromatic nitrogens is 3. The summed E-state index contributed by atoms with van der Waals surface area (Å²) in [7, 11) is 0.900. The van der Waals surface area contributed by atoms with Crippen molar-refractivity contribution in [1.82, 2.24) is 19.1 Å². The predicted molar refractivity (Wildman–Crippen MR) is 116 cm³/mol. The van der Waals surface area contributed by atoms with Crippen molar-refractivity contribution in [3.05, 3.63) is 47.2 Å². The van der Waals surface area contributed by atoms with E-state index in [0.717, 1.165) is 14.9 Å². The van der Waals surface area contributed by atoms with E-state index in [1.165, 1.54) is 43.6 Å². The van der Waals surface area contributed by atoms with Gasteiger partial charge in [-0.1, -0.05) is 0 Å². The molecule has 1 aromatic carbocycles. The lowest BCUT2D eigenvalue weighted by Gasteiger charge is -2.15. The molecule has 2 heterocycles. The van der Waals surface area contributed by atoms with Gasteiger partial charge in [0.15, 0.2) is 0 Å². The van der Waals surface area contributed by atoms with Crippen molar-refractivity contribution in [3.63, 3.8) is 0 Å². The number of nitrogens with zero attached hydrogens (tertiary/aromatic N) is 4. The third-order valence-corrected chi connectivity index (χ3v) is 7.02. The number of nitrogens with one attached hydrogen (secondary N) is 1. The molecule has 0 unspecified atom stereocenters. The fourth-order valence-corrected chi connectivity index (χ4v) is 4.37. The zero-order valence-electron chi connectivity index (χ0n) is 17.3. The number of aryl methyl sites for hydroxylation is 1. The highest BCUT2D eigenvalue weighted by molar-refractivity contribution is 7.89. The standard InChI is InChI=1S/C19H23N5O5S2/c1-23(2)31(27,28)15-4-5-17(20-6-7-25)16(8-15)19(26)29-11-14-12-30-18(22-14)13-9-21-24(3)10-13/h4-5,8-10,12,20,25H,6-7,11H2,1-3H3. The van der Waals surface area contributed by atoms with E-state index in [1.807, 2.05) is 13.2 Å². The van der Waals surface area contributed by atoms with Crippen LogP contribution in [0.15, 0.2) is 40.9 Å². The molecule has 12 heteroatoms. The number of thiazole rings is 1. The van der Waals surface area contributed by atoms with Gasteiger partial charge in [0.2, 0.25) is 10.0 Å². The highest BCUT2D eigenvalue weighted by Crippen LogP contribution is 2.25. The molecule has 10 nitrogen and oxygen atoms in total. The third kappa shape index (κ3) is 5.28. The second-order valence-electron chi connectivity index (χ2n) is 6.77. The number of sulfonamides is 1. The molecule has 0 aliphatic carbocycles. The lowest BCUT2D eigenvalue weighted by atomic mass is 10.2. The number of aliphatic hydroxyl groups excluding tert-OH is 1. The Morgan fingerprint density at radius 3 is 2.77 bits per heavy atom. The Kier molecular flexibility index (Phi) is 7.05. The summed E-state index contributed by atoms with van der Waals surface area (Å²) in [5.74, 6) is -0.702. The van der Waals surface area contributed by atoms with Crippen LogP contribution in [-0.2, 0) is 28.4 Å². The number of carbonyl (C=O) groups excluding carboxylic acids is 1. The number of ether oxygens (including phenoxy) is 1. The molecule has 0 spiro atoms. The maximum atomic E-state index is 12.8. The minimum atomic E-state index is -3.73. The largest absolute Gasteiger partial charge is 0.455 e. The maximum Gasteiger partial charge on any atom is 0.340 e. The number of rotatable bonds is 9. The van der Waals surface area contributed by atoms with Crippen LogP contribution < -0.4 is 5.32 Å². The first-order valence-corrected chi connectivity index (χ1v) is 11.6. The molecular formula is C19H23N5O5S2. The van der Waals surface area contributed by atoms with E-state index >= 15 is 0 Å². The van der Waals surface area contributed by atoms with Crippen LogP contribution in [0.4, 0.5) is 5.69 Å². The number of hydrogen-bond acceptors (Lipinski definition) is 9. The van der Waals surface area contributed by atoms with Gasteiger partial charge in [-0.25, -0.2) is 22.5 Å². The average Bonchev–Trinajstić information content (AvgIpc) is 3.39. The highest BCUT2D eigenvalue weighted by Gasteiger charge is 2.22. The fraction of sp³-hybridized carbons (Fsp3) is 0.316. The van der Waals surface area contributed by atoms with Gasteiger partial charge in [-0.05, 0) is 18.2 Å². The first-order valence-electron chi connectivity index (χ1n) is 9.24. The van der Waals surface area contributed by atoms with Crippen molar-refractivity contribution in [2.45, 2.75) is 11.5 Å². The van der Waals surface area contributed by atoms with Crippen LogP contribution >= 0.6 is 11.3 Å². The molecule has 0 bridgehead atoms. The normalized spacial score (nSPS) is 11.6. The zero-order chi connectivity index (χ0) is 22.6. The van der Waals surface area contributed by atoms with E-state index in [9.17, 15) is 13.2 Å². The maximum absolute atomic E-state index is 12.8. The molecule has 0 saturated carbocycles. The van der Waals surface area contributed by atoms with E-state index in [1.54, 1.807) is 16.3 Å². The number of hydrogen-bond donors (Lipinski definition) is 2. The van der Waals surface area contributed by atoms with Crippen molar-refractivity contribution in [1.29, 1.82) is 0 Å². The summed E-state index contributed by atoms with van der Waals surface area (Å²) in [5, 5.41) is 18.6. The molecular weight excluding hydrogens is 442 g/mol. The van der Waals surface area contributed by atoms with E-state index in [0.29, 0.717) is 11.4 Å². The van der Waals surface area contributed by atoms with Gasteiger partial charge in [0.25, 0.3) is 0 Å². The molecule has 2 aromatic heterocycles. The predicted octanol–water partition coefficient (Wildman–Crippen LogP) is 1.56.